The van der Waals surface area contributed by atoms with Crippen LogP contribution in [0.1, 0.15) is 10.4 Å². The number of fused-ring (bicyclic) bond motifs is 1. The summed E-state index contributed by atoms with van der Waals surface area (Å²) in [4.78, 5) is 31.7. The van der Waals surface area contributed by atoms with Gasteiger partial charge in [-0.05, 0) is 24.3 Å². The zero-order valence-corrected chi connectivity index (χ0v) is 16.4. The molecule has 1 aromatic carbocycles. The normalized spacial score (nSPS) is 18.9. The highest BCUT2D eigenvalue weighted by atomic mass is 16.5. The van der Waals surface area contributed by atoms with Gasteiger partial charge in [0.2, 0.25) is 5.91 Å². The molecule has 0 atom stereocenters. The molecule has 30 heavy (non-hydrogen) atoms. The predicted molar refractivity (Wildman–Crippen MR) is 110 cm³/mol. The van der Waals surface area contributed by atoms with Gasteiger partial charge in [0.25, 0.3) is 5.91 Å². The number of hydrogen-bond donors (Lipinski definition) is 2. The minimum absolute atomic E-state index is 0.0587. The molecule has 1 spiro atoms. The summed E-state index contributed by atoms with van der Waals surface area (Å²) in [6.07, 6.45) is 1.62. The van der Waals surface area contributed by atoms with Gasteiger partial charge in [0.1, 0.15) is 11.1 Å². The van der Waals surface area contributed by atoms with Crippen LogP contribution in [0.4, 0.5) is 0 Å². The van der Waals surface area contributed by atoms with E-state index in [4.69, 9.17) is 9.15 Å². The molecule has 8 heteroatoms. The molecule has 4 heterocycles. The topological polar surface area (TPSA) is 96.7 Å². The fraction of sp³-hybridized carbons (Fsp3) is 0.318. The molecule has 2 amide bonds. The van der Waals surface area contributed by atoms with Crippen molar-refractivity contribution in [2.24, 2.45) is 0 Å². The maximum atomic E-state index is 13.0. The Morgan fingerprint density at radius 2 is 1.83 bits per heavy atom. The summed E-state index contributed by atoms with van der Waals surface area (Å²) in [5, 5.41) is 6.16. The van der Waals surface area contributed by atoms with Gasteiger partial charge in [0.15, 0.2) is 5.58 Å². The molecule has 0 unspecified atom stereocenters. The third kappa shape index (κ3) is 3.34. The number of nitrogens with one attached hydrogen (secondary N) is 2. The van der Waals surface area contributed by atoms with Crippen molar-refractivity contribution in [1.82, 2.24) is 20.5 Å². The van der Waals surface area contributed by atoms with Gasteiger partial charge in [-0.25, -0.2) is 4.98 Å². The number of carbonyl (C=O) groups excluding carboxylic acids is 2. The van der Waals surface area contributed by atoms with Crippen LogP contribution in [0, 0.1) is 0 Å². The number of ether oxygens (including phenoxy) is 1. The minimum Gasteiger partial charge on any atom is -0.463 e. The number of pyridine rings is 1. The highest BCUT2D eigenvalue weighted by Crippen LogP contribution is 2.22. The van der Waals surface area contributed by atoms with Crippen LogP contribution >= 0.6 is 0 Å². The number of carbonyl (C=O) groups is 2. The smallest absolute Gasteiger partial charge is 0.253 e. The van der Waals surface area contributed by atoms with Crippen LogP contribution in [0.3, 0.4) is 0 Å². The van der Waals surface area contributed by atoms with Gasteiger partial charge in [-0.1, -0.05) is 12.1 Å². The molecule has 3 aromatic rings. The lowest BCUT2D eigenvalue weighted by molar-refractivity contribution is -0.147. The van der Waals surface area contributed by atoms with Crippen LogP contribution in [-0.2, 0) is 9.53 Å². The predicted octanol–water partition coefficient (Wildman–Crippen LogP) is 1.43. The highest BCUT2D eigenvalue weighted by Gasteiger charge is 2.45. The van der Waals surface area contributed by atoms with Crippen molar-refractivity contribution in [2.45, 2.75) is 5.54 Å². The van der Waals surface area contributed by atoms with Crippen molar-refractivity contribution in [2.75, 3.05) is 39.4 Å². The van der Waals surface area contributed by atoms with Gasteiger partial charge in [-0.2, -0.15) is 0 Å². The van der Waals surface area contributed by atoms with Crippen molar-refractivity contribution in [1.29, 1.82) is 0 Å². The Morgan fingerprint density at radius 1 is 1.03 bits per heavy atom. The van der Waals surface area contributed by atoms with Crippen LogP contribution in [0.15, 0.2) is 53.1 Å². The second-order valence-electron chi connectivity index (χ2n) is 7.63. The maximum absolute atomic E-state index is 13.0. The first kappa shape index (κ1) is 18.8. The van der Waals surface area contributed by atoms with Gasteiger partial charge in [-0.3, -0.25) is 14.9 Å². The Hall–Kier alpha value is -3.23. The molecule has 154 valence electrons. The summed E-state index contributed by atoms with van der Waals surface area (Å²) in [7, 11) is 0. The van der Waals surface area contributed by atoms with Crippen LogP contribution in [0.2, 0.25) is 0 Å². The number of nitrogens with zero attached hydrogens (tertiary/aromatic N) is 2. The molecular formula is C22H22N4O4. The van der Waals surface area contributed by atoms with E-state index in [9.17, 15) is 9.59 Å². The van der Waals surface area contributed by atoms with Crippen LogP contribution in [0.5, 0.6) is 0 Å². The van der Waals surface area contributed by atoms with E-state index >= 15 is 0 Å². The van der Waals surface area contributed by atoms with Crippen molar-refractivity contribution >= 4 is 22.9 Å². The van der Waals surface area contributed by atoms with E-state index in [1.165, 1.54) is 0 Å². The lowest BCUT2D eigenvalue weighted by atomic mass is 9.96. The van der Waals surface area contributed by atoms with E-state index in [0.29, 0.717) is 45.0 Å². The molecular weight excluding hydrogens is 384 g/mol. The van der Waals surface area contributed by atoms with Crippen molar-refractivity contribution < 1.29 is 18.7 Å². The number of rotatable bonds is 2. The number of hydrogen-bond acceptors (Lipinski definition) is 6. The van der Waals surface area contributed by atoms with E-state index in [-0.39, 0.29) is 11.8 Å². The van der Waals surface area contributed by atoms with Crippen molar-refractivity contribution in [3.05, 3.63) is 54.3 Å². The largest absolute Gasteiger partial charge is 0.463 e. The van der Waals surface area contributed by atoms with E-state index in [0.717, 1.165) is 22.4 Å². The van der Waals surface area contributed by atoms with Gasteiger partial charge in [-0.15, -0.1) is 0 Å². The molecule has 0 bridgehead atoms. The summed E-state index contributed by atoms with van der Waals surface area (Å²) in [6, 6.07) is 13.1. The zero-order valence-electron chi connectivity index (χ0n) is 16.4. The number of furan rings is 1. The lowest BCUT2D eigenvalue weighted by Gasteiger charge is -2.40. The zero-order chi connectivity index (χ0) is 20.6. The van der Waals surface area contributed by atoms with Gasteiger partial charge in [0.05, 0.1) is 25.2 Å². The highest BCUT2D eigenvalue weighted by molar-refractivity contribution is 5.95. The van der Waals surface area contributed by atoms with Crippen LogP contribution < -0.4 is 10.6 Å². The first-order valence-electron chi connectivity index (χ1n) is 10.00. The minimum atomic E-state index is -0.649. The summed E-state index contributed by atoms with van der Waals surface area (Å²) in [5.41, 5.74) is 3.26. The Kier molecular flexibility index (Phi) is 4.72. The van der Waals surface area contributed by atoms with Gasteiger partial charge >= 0.3 is 0 Å². The van der Waals surface area contributed by atoms with E-state index in [1.807, 2.05) is 42.5 Å². The molecule has 2 aromatic heterocycles. The first-order valence-corrected chi connectivity index (χ1v) is 10.00. The van der Waals surface area contributed by atoms with E-state index in [2.05, 4.69) is 15.6 Å². The Bertz CT molecular complexity index is 1090. The maximum Gasteiger partial charge on any atom is 0.253 e. The number of benzene rings is 1. The summed E-state index contributed by atoms with van der Waals surface area (Å²) < 4.78 is 10.6. The summed E-state index contributed by atoms with van der Waals surface area (Å²) >= 11 is 0. The van der Waals surface area contributed by atoms with E-state index < -0.39 is 5.54 Å². The third-order valence-electron chi connectivity index (χ3n) is 5.67. The van der Waals surface area contributed by atoms with Gasteiger partial charge < -0.3 is 19.4 Å². The summed E-state index contributed by atoms with van der Waals surface area (Å²) in [6.45, 7) is 2.68. The molecule has 8 nitrogen and oxygen atoms in total. The first-order chi connectivity index (χ1) is 14.6. The molecule has 2 aliphatic heterocycles. The molecule has 0 radical (unpaired) electrons. The Balaban J connectivity index is 1.30. The Labute approximate surface area is 173 Å². The van der Waals surface area contributed by atoms with E-state index in [1.54, 1.807) is 11.2 Å². The Morgan fingerprint density at radius 3 is 2.60 bits per heavy atom. The summed E-state index contributed by atoms with van der Waals surface area (Å²) in [5.74, 6) is -0.119. The average Bonchev–Trinajstić information content (AvgIpc) is 3.23. The number of amides is 2. The second-order valence-corrected chi connectivity index (χ2v) is 7.63. The quantitative estimate of drug-likeness (QED) is 0.668. The van der Waals surface area contributed by atoms with Crippen LogP contribution in [0.25, 0.3) is 22.4 Å². The monoisotopic (exact) mass is 406 g/mol. The molecule has 2 fully saturated rings. The fourth-order valence-corrected chi connectivity index (χ4v) is 3.82. The fourth-order valence-electron chi connectivity index (χ4n) is 3.82. The number of aromatic nitrogens is 1. The molecule has 5 rings (SSSR count). The SMILES string of the molecule is O=C(c1ccc(-c2ccc3occc3n2)cc1)N1CCNC(=O)C2(COC2)NCC1. The molecule has 0 aliphatic carbocycles. The molecule has 2 N–H and O–H groups in total. The van der Waals surface area contributed by atoms with Crippen molar-refractivity contribution in [3.63, 3.8) is 0 Å². The second kappa shape index (κ2) is 7.55. The lowest BCUT2D eigenvalue weighted by Crippen LogP contribution is -2.69. The van der Waals surface area contributed by atoms with Crippen molar-refractivity contribution in [3.8, 4) is 11.3 Å². The third-order valence-corrected chi connectivity index (χ3v) is 5.67. The van der Waals surface area contributed by atoms with Gasteiger partial charge in [0, 0.05) is 43.4 Å². The molecule has 2 aliphatic rings. The molecule has 2 saturated heterocycles. The average molecular weight is 406 g/mol. The molecule has 0 saturated carbocycles. The van der Waals surface area contributed by atoms with Crippen LogP contribution in [-0.4, -0.2) is 66.6 Å². The standard InChI is InChI=1S/C22H22N4O4/c27-20(26-10-8-23-21(28)22(13-29-14-22)24-9-11-26)16-3-1-15(2-4-16)17-5-6-19-18(25-17)7-12-30-19/h1-7,12,24H,8-11,13-14H2,(H,23,28).